The van der Waals surface area contributed by atoms with Crippen LogP contribution in [0.3, 0.4) is 0 Å². The Morgan fingerprint density at radius 3 is 2.67 bits per heavy atom. The third-order valence-electron chi connectivity index (χ3n) is 7.78. The van der Waals surface area contributed by atoms with Gasteiger partial charge in [0.15, 0.2) is 5.75 Å². The lowest BCUT2D eigenvalue weighted by Gasteiger charge is -2.23. The standard InChI is InChI=1S/C34H38N4O7S/c1-23-9-5-14-31(25(23)3)43-18-8-15-32(39)38-17-16-24(2)44-33-29(12-7-13-30(33)38)28-20-35-37(22-28)21-26-10-6-11-27(19-26)34(40)36-45-46(4,41)42/h5-7,9-14,19-20,22,24H,8,15-18,21H2,1-4H3,(H,36,40). The second-order valence-corrected chi connectivity index (χ2v) is 13.0. The fourth-order valence-corrected chi connectivity index (χ4v) is 5.45. The van der Waals surface area contributed by atoms with Crippen molar-refractivity contribution in [3.63, 3.8) is 0 Å². The predicted octanol–water partition coefficient (Wildman–Crippen LogP) is 5.20. The molecule has 0 saturated heterocycles. The largest absolute Gasteiger partial charge is 0.493 e. The molecule has 2 heterocycles. The summed E-state index contributed by atoms with van der Waals surface area (Å²) < 4.78 is 40.9. The summed E-state index contributed by atoms with van der Waals surface area (Å²) in [5.74, 6) is 0.816. The molecule has 1 atom stereocenters. The molecule has 5 rings (SSSR count). The molecule has 0 bridgehead atoms. The first-order chi connectivity index (χ1) is 22.0. The number of hydrogen-bond donors (Lipinski definition) is 1. The molecule has 1 N–H and O–H groups in total. The molecule has 46 heavy (non-hydrogen) atoms. The van der Waals surface area contributed by atoms with E-state index in [1.165, 1.54) is 5.56 Å². The first-order valence-corrected chi connectivity index (χ1v) is 16.9. The Kier molecular flexibility index (Phi) is 10.1. The maximum absolute atomic E-state index is 13.5. The summed E-state index contributed by atoms with van der Waals surface area (Å²) >= 11 is 0. The van der Waals surface area contributed by atoms with Crippen LogP contribution in [0.1, 0.15) is 53.2 Å². The number of hydrogen-bond acceptors (Lipinski definition) is 8. The van der Waals surface area contributed by atoms with Crippen LogP contribution < -0.4 is 19.9 Å². The Hall–Kier alpha value is -4.68. The number of carbonyl (C=O) groups excluding carboxylic acids is 2. The predicted molar refractivity (Wildman–Crippen MR) is 174 cm³/mol. The molecule has 3 aromatic carbocycles. The summed E-state index contributed by atoms with van der Waals surface area (Å²) in [7, 11) is -3.83. The van der Waals surface area contributed by atoms with Gasteiger partial charge in [-0.15, -0.1) is 4.28 Å². The Morgan fingerprint density at radius 1 is 1.09 bits per heavy atom. The fourth-order valence-electron chi connectivity index (χ4n) is 5.22. The summed E-state index contributed by atoms with van der Waals surface area (Å²) in [5, 5.41) is 4.53. The van der Waals surface area contributed by atoms with Gasteiger partial charge in [-0.1, -0.05) is 36.4 Å². The van der Waals surface area contributed by atoms with E-state index >= 15 is 0 Å². The van der Waals surface area contributed by atoms with Crippen molar-refractivity contribution in [1.29, 1.82) is 0 Å². The number of hydroxylamine groups is 1. The molecule has 1 aliphatic rings. The molecule has 242 valence electrons. The number of aromatic nitrogens is 2. The Bertz CT molecular complexity index is 1840. The van der Waals surface area contributed by atoms with Crippen LogP contribution in [0.15, 0.2) is 73.1 Å². The molecule has 2 amide bonds. The summed E-state index contributed by atoms with van der Waals surface area (Å²) in [4.78, 5) is 27.7. The van der Waals surface area contributed by atoms with Gasteiger partial charge in [-0.05, 0) is 68.1 Å². The monoisotopic (exact) mass is 646 g/mol. The average Bonchev–Trinajstić information content (AvgIpc) is 3.40. The summed E-state index contributed by atoms with van der Waals surface area (Å²) in [6.45, 7) is 7.44. The molecular weight excluding hydrogens is 608 g/mol. The van der Waals surface area contributed by atoms with Crippen molar-refractivity contribution in [3.8, 4) is 22.6 Å². The molecule has 0 aliphatic carbocycles. The second kappa shape index (κ2) is 14.2. The minimum Gasteiger partial charge on any atom is -0.493 e. The maximum atomic E-state index is 13.5. The number of carbonyl (C=O) groups is 2. The van der Waals surface area contributed by atoms with Crippen LogP contribution in [0.5, 0.6) is 11.5 Å². The van der Waals surface area contributed by atoms with Crippen molar-refractivity contribution in [3.05, 3.63) is 95.3 Å². The van der Waals surface area contributed by atoms with Crippen LogP contribution in [0.25, 0.3) is 11.1 Å². The van der Waals surface area contributed by atoms with Crippen molar-refractivity contribution in [2.45, 2.75) is 52.7 Å². The van der Waals surface area contributed by atoms with Gasteiger partial charge in [0.25, 0.3) is 16.0 Å². The highest BCUT2D eigenvalue weighted by Gasteiger charge is 2.27. The number of ether oxygens (including phenoxy) is 2. The average molecular weight is 647 g/mol. The molecule has 1 aliphatic heterocycles. The van der Waals surface area contributed by atoms with E-state index in [9.17, 15) is 18.0 Å². The van der Waals surface area contributed by atoms with Gasteiger partial charge in [0.05, 0.1) is 37.4 Å². The van der Waals surface area contributed by atoms with Gasteiger partial charge in [0.2, 0.25) is 5.91 Å². The highest BCUT2D eigenvalue weighted by Crippen LogP contribution is 2.41. The highest BCUT2D eigenvalue weighted by atomic mass is 32.2. The van der Waals surface area contributed by atoms with Crippen molar-refractivity contribution in [1.82, 2.24) is 15.3 Å². The molecule has 1 aromatic heterocycles. The van der Waals surface area contributed by atoms with Crippen LogP contribution >= 0.6 is 0 Å². The minimum atomic E-state index is -3.83. The zero-order chi connectivity index (χ0) is 32.8. The van der Waals surface area contributed by atoms with Gasteiger partial charge in [-0.2, -0.15) is 13.5 Å². The molecule has 0 spiro atoms. The van der Waals surface area contributed by atoms with E-state index in [1.807, 2.05) is 66.8 Å². The number of para-hydroxylation sites is 1. The molecule has 1 unspecified atom stereocenters. The highest BCUT2D eigenvalue weighted by molar-refractivity contribution is 7.85. The smallest absolute Gasteiger partial charge is 0.285 e. The van der Waals surface area contributed by atoms with Crippen molar-refractivity contribution >= 4 is 27.6 Å². The van der Waals surface area contributed by atoms with Crippen LogP contribution in [0.4, 0.5) is 5.69 Å². The lowest BCUT2D eigenvalue weighted by Crippen LogP contribution is -2.32. The Morgan fingerprint density at radius 2 is 1.87 bits per heavy atom. The van der Waals surface area contributed by atoms with Gasteiger partial charge in [-0.25, -0.2) is 5.48 Å². The minimum absolute atomic E-state index is 0.0159. The van der Waals surface area contributed by atoms with E-state index in [1.54, 1.807) is 29.1 Å². The quantitative estimate of drug-likeness (QED) is 0.174. The number of aryl methyl sites for hydroxylation is 1. The van der Waals surface area contributed by atoms with Crippen LogP contribution in [-0.4, -0.2) is 55.5 Å². The van der Waals surface area contributed by atoms with Crippen molar-refractivity contribution in [2.75, 3.05) is 24.3 Å². The van der Waals surface area contributed by atoms with E-state index < -0.39 is 16.0 Å². The molecule has 0 fully saturated rings. The van der Waals surface area contributed by atoms with Crippen LogP contribution in [-0.2, 0) is 25.7 Å². The Labute approximate surface area is 269 Å². The molecule has 11 nitrogen and oxygen atoms in total. The third-order valence-corrected chi connectivity index (χ3v) is 8.16. The maximum Gasteiger partial charge on any atom is 0.285 e. The molecule has 0 radical (unpaired) electrons. The summed E-state index contributed by atoms with van der Waals surface area (Å²) in [5.41, 5.74) is 7.59. The normalized spacial score (nSPS) is 14.6. The van der Waals surface area contributed by atoms with E-state index in [0.717, 1.165) is 39.9 Å². The number of nitrogens with one attached hydrogen (secondary N) is 1. The van der Waals surface area contributed by atoms with Gasteiger partial charge in [-0.3, -0.25) is 14.3 Å². The number of benzene rings is 3. The van der Waals surface area contributed by atoms with E-state index in [0.29, 0.717) is 44.7 Å². The number of rotatable bonds is 11. The van der Waals surface area contributed by atoms with Gasteiger partial charge in [0, 0.05) is 42.3 Å². The zero-order valence-corrected chi connectivity index (χ0v) is 27.2. The zero-order valence-electron chi connectivity index (χ0n) is 26.4. The number of amides is 2. The Balaban J connectivity index is 1.28. The topological polar surface area (TPSA) is 129 Å². The first kappa shape index (κ1) is 32.7. The lowest BCUT2D eigenvalue weighted by molar-refractivity contribution is -0.118. The van der Waals surface area contributed by atoms with Crippen LogP contribution in [0, 0.1) is 13.8 Å². The molecule has 0 saturated carbocycles. The number of fused-ring (bicyclic) bond motifs is 1. The first-order valence-electron chi connectivity index (χ1n) is 15.1. The summed E-state index contributed by atoms with van der Waals surface area (Å²) in [6, 6.07) is 18.5. The molecule has 12 heteroatoms. The fraction of sp³-hybridized carbons (Fsp3) is 0.324. The number of nitrogens with zero attached hydrogens (tertiary/aromatic N) is 3. The van der Waals surface area contributed by atoms with Gasteiger partial charge >= 0.3 is 0 Å². The lowest BCUT2D eigenvalue weighted by atomic mass is 10.1. The van der Waals surface area contributed by atoms with E-state index in [4.69, 9.17) is 9.47 Å². The molecular formula is C34H38N4O7S. The van der Waals surface area contributed by atoms with Crippen LogP contribution in [0.2, 0.25) is 0 Å². The number of anilines is 1. The van der Waals surface area contributed by atoms with E-state index in [-0.39, 0.29) is 17.6 Å². The third kappa shape index (κ3) is 8.12. The molecule has 4 aromatic rings. The second-order valence-electron chi connectivity index (χ2n) is 11.4. The summed E-state index contributed by atoms with van der Waals surface area (Å²) in [6.07, 6.45) is 5.99. The van der Waals surface area contributed by atoms with Crippen molar-refractivity contribution in [2.24, 2.45) is 0 Å². The van der Waals surface area contributed by atoms with Crippen molar-refractivity contribution < 1.29 is 31.8 Å². The van der Waals surface area contributed by atoms with Gasteiger partial charge in [0.1, 0.15) is 5.75 Å². The van der Waals surface area contributed by atoms with E-state index in [2.05, 4.69) is 22.4 Å². The SMILES string of the molecule is Cc1cccc(OCCCC(=O)N2CCC(C)Oc3c(-c4cnn(Cc5cccc(C(=O)NOS(C)(=O)=O)c5)c4)cccc32)c1C. The van der Waals surface area contributed by atoms with Gasteiger partial charge < -0.3 is 14.4 Å².